The van der Waals surface area contributed by atoms with Crippen LogP contribution in [0.5, 0.6) is 0 Å². The fourth-order valence-corrected chi connectivity index (χ4v) is 4.74. The fraction of sp³-hybridized carbons (Fsp3) is 0.545. The van der Waals surface area contributed by atoms with Crippen molar-refractivity contribution in [2.45, 2.75) is 57.7 Å². The highest BCUT2D eigenvalue weighted by atomic mass is 16.2. The van der Waals surface area contributed by atoms with Crippen LogP contribution in [0.1, 0.15) is 43.9 Å². The number of aryl methyl sites for hydroxylation is 1. The number of benzene rings is 1. The topological polar surface area (TPSA) is 41.4 Å². The zero-order chi connectivity index (χ0) is 18.7. The summed E-state index contributed by atoms with van der Waals surface area (Å²) in [7, 11) is 0. The number of aromatic nitrogens is 2. The van der Waals surface area contributed by atoms with Gasteiger partial charge < -0.3 is 4.90 Å². The van der Waals surface area contributed by atoms with Gasteiger partial charge in [-0.1, -0.05) is 30.3 Å². The number of likely N-dealkylation sites (tertiary alicyclic amines) is 2. The molecule has 144 valence electrons. The molecule has 2 aliphatic heterocycles. The Bertz CT molecular complexity index is 772. The Balaban J connectivity index is 1.46. The van der Waals surface area contributed by atoms with Crippen molar-refractivity contribution in [3.05, 3.63) is 53.9 Å². The number of hydrogen-bond acceptors (Lipinski definition) is 3. The van der Waals surface area contributed by atoms with Gasteiger partial charge in [-0.3, -0.25) is 14.4 Å². The van der Waals surface area contributed by atoms with E-state index in [1.807, 2.05) is 16.9 Å². The van der Waals surface area contributed by atoms with Crippen molar-refractivity contribution in [3.63, 3.8) is 0 Å². The average Bonchev–Trinajstić information content (AvgIpc) is 3.32. The molecule has 5 nitrogen and oxygen atoms in total. The van der Waals surface area contributed by atoms with Gasteiger partial charge in [0.1, 0.15) is 5.54 Å². The Morgan fingerprint density at radius 3 is 2.59 bits per heavy atom. The molecular formula is C22H30N4O. The lowest BCUT2D eigenvalue weighted by atomic mass is 9.85. The molecule has 5 heteroatoms. The summed E-state index contributed by atoms with van der Waals surface area (Å²) in [5.74, 6) is 0.345. The third-order valence-corrected chi connectivity index (χ3v) is 6.21. The van der Waals surface area contributed by atoms with E-state index in [0.29, 0.717) is 5.91 Å². The first kappa shape index (κ1) is 18.2. The van der Waals surface area contributed by atoms with E-state index in [1.54, 1.807) is 0 Å². The Morgan fingerprint density at radius 1 is 1.07 bits per heavy atom. The number of nitrogens with zero attached hydrogens (tertiary/aromatic N) is 4. The molecule has 27 heavy (non-hydrogen) atoms. The van der Waals surface area contributed by atoms with Crippen LogP contribution in [-0.4, -0.2) is 50.7 Å². The van der Waals surface area contributed by atoms with Gasteiger partial charge in [-0.2, -0.15) is 5.10 Å². The van der Waals surface area contributed by atoms with E-state index in [4.69, 9.17) is 0 Å². The lowest BCUT2D eigenvalue weighted by Gasteiger charge is -2.44. The van der Waals surface area contributed by atoms with Gasteiger partial charge in [0.2, 0.25) is 5.91 Å². The summed E-state index contributed by atoms with van der Waals surface area (Å²) in [6.45, 7) is 6.48. The van der Waals surface area contributed by atoms with Crippen molar-refractivity contribution < 1.29 is 4.79 Å². The predicted octanol–water partition coefficient (Wildman–Crippen LogP) is 3.10. The molecule has 3 heterocycles. The summed E-state index contributed by atoms with van der Waals surface area (Å²) in [4.78, 5) is 18.0. The molecule has 2 aliphatic rings. The van der Waals surface area contributed by atoms with Crippen LogP contribution in [0.4, 0.5) is 0 Å². The standard InChI is InChI=1S/C22H30N4O/c1-2-26-17-11-20(23-26)18-25-15-7-13-22(25)12-6-14-24(21(22)27)16-10-19-8-4-3-5-9-19/h3-5,8-9,11,17H,2,6-7,10,12-16,18H2,1H3. The Labute approximate surface area is 162 Å². The van der Waals surface area contributed by atoms with E-state index in [0.717, 1.165) is 70.5 Å². The minimum Gasteiger partial charge on any atom is -0.341 e. The molecule has 0 N–H and O–H groups in total. The molecule has 4 rings (SSSR count). The maximum absolute atomic E-state index is 13.5. The van der Waals surface area contributed by atoms with Crippen molar-refractivity contribution in [2.24, 2.45) is 0 Å². The van der Waals surface area contributed by atoms with Gasteiger partial charge in [0.05, 0.1) is 5.69 Å². The van der Waals surface area contributed by atoms with Gasteiger partial charge in [0.25, 0.3) is 0 Å². The summed E-state index contributed by atoms with van der Waals surface area (Å²) in [5.41, 5.74) is 2.08. The minimum absolute atomic E-state index is 0.301. The van der Waals surface area contributed by atoms with Crippen LogP contribution in [0.2, 0.25) is 0 Å². The van der Waals surface area contributed by atoms with Crippen molar-refractivity contribution in [1.82, 2.24) is 19.6 Å². The highest BCUT2D eigenvalue weighted by Crippen LogP contribution is 2.39. The lowest BCUT2D eigenvalue weighted by molar-refractivity contribution is -0.147. The van der Waals surface area contributed by atoms with Crippen molar-refractivity contribution in [1.29, 1.82) is 0 Å². The molecule has 1 aromatic heterocycles. The summed E-state index contributed by atoms with van der Waals surface area (Å²) < 4.78 is 1.97. The van der Waals surface area contributed by atoms with Crippen LogP contribution in [0.15, 0.2) is 42.6 Å². The largest absolute Gasteiger partial charge is 0.341 e. The molecule has 2 fully saturated rings. The predicted molar refractivity (Wildman–Crippen MR) is 106 cm³/mol. The summed E-state index contributed by atoms with van der Waals surface area (Å²) in [5, 5.41) is 4.64. The highest BCUT2D eigenvalue weighted by molar-refractivity contribution is 5.87. The Kier molecular flexibility index (Phi) is 5.30. The van der Waals surface area contributed by atoms with Crippen LogP contribution in [0.3, 0.4) is 0 Å². The molecule has 0 radical (unpaired) electrons. The van der Waals surface area contributed by atoms with Gasteiger partial charge in [-0.05, 0) is 57.2 Å². The number of rotatable bonds is 6. The summed E-state index contributed by atoms with van der Waals surface area (Å²) in [6, 6.07) is 12.6. The van der Waals surface area contributed by atoms with Gasteiger partial charge in [0, 0.05) is 32.4 Å². The molecule has 2 aromatic rings. The SMILES string of the molecule is CCn1ccc(CN2CCCC23CCCN(CCc2ccccc2)C3=O)n1. The molecule has 1 amide bonds. The van der Waals surface area contributed by atoms with Crippen molar-refractivity contribution >= 4 is 5.91 Å². The normalized spacial score (nSPS) is 23.4. The average molecular weight is 367 g/mol. The highest BCUT2D eigenvalue weighted by Gasteiger charge is 2.50. The molecule has 0 bridgehead atoms. The van der Waals surface area contributed by atoms with Crippen LogP contribution < -0.4 is 0 Å². The third kappa shape index (κ3) is 3.65. The monoisotopic (exact) mass is 366 g/mol. The molecule has 1 aromatic carbocycles. The van der Waals surface area contributed by atoms with Crippen molar-refractivity contribution in [3.8, 4) is 0 Å². The maximum atomic E-state index is 13.5. The number of carbonyl (C=O) groups excluding carboxylic acids is 1. The molecule has 1 spiro atoms. The molecule has 0 aliphatic carbocycles. The second-order valence-corrected chi connectivity index (χ2v) is 7.85. The smallest absolute Gasteiger partial charge is 0.243 e. The first-order valence-corrected chi connectivity index (χ1v) is 10.3. The Hall–Kier alpha value is -2.14. The Morgan fingerprint density at radius 2 is 1.85 bits per heavy atom. The number of carbonyl (C=O) groups is 1. The zero-order valence-electron chi connectivity index (χ0n) is 16.3. The van der Waals surface area contributed by atoms with Gasteiger partial charge in [-0.15, -0.1) is 0 Å². The van der Waals surface area contributed by atoms with E-state index in [9.17, 15) is 4.79 Å². The van der Waals surface area contributed by atoms with Gasteiger partial charge in [0.15, 0.2) is 0 Å². The number of piperidine rings is 1. The minimum atomic E-state index is -0.301. The van der Waals surface area contributed by atoms with Crippen molar-refractivity contribution in [2.75, 3.05) is 19.6 Å². The maximum Gasteiger partial charge on any atom is 0.243 e. The van der Waals surface area contributed by atoms with E-state index < -0.39 is 0 Å². The van der Waals surface area contributed by atoms with Gasteiger partial charge >= 0.3 is 0 Å². The van der Waals surface area contributed by atoms with Crippen LogP contribution in [-0.2, 0) is 24.3 Å². The summed E-state index contributed by atoms with van der Waals surface area (Å²) >= 11 is 0. The first-order chi connectivity index (χ1) is 13.2. The van der Waals surface area contributed by atoms with Crippen LogP contribution in [0.25, 0.3) is 0 Å². The summed E-state index contributed by atoms with van der Waals surface area (Å²) in [6.07, 6.45) is 7.15. The first-order valence-electron chi connectivity index (χ1n) is 10.3. The van der Waals surface area contributed by atoms with Crippen LogP contribution in [0, 0.1) is 0 Å². The fourth-order valence-electron chi connectivity index (χ4n) is 4.74. The molecule has 0 saturated carbocycles. The van der Waals surface area contributed by atoms with E-state index in [-0.39, 0.29) is 5.54 Å². The lowest BCUT2D eigenvalue weighted by Crippen LogP contribution is -2.59. The van der Waals surface area contributed by atoms with E-state index in [1.165, 1.54) is 5.56 Å². The molecule has 1 unspecified atom stereocenters. The molecular weight excluding hydrogens is 336 g/mol. The second-order valence-electron chi connectivity index (χ2n) is 7.85. The third-order valence-electron chi connectivity index (χ3n) is 6.21. The molecule has 1 atom stereocenters. The number of hydrogen-bond donors (Lipinski definition) is 0. The van der Waals surface area contributed by atoms with Crippen LogP contribution >= 0.6 is 0 Å². The van der Waals surface area contributed by atoms with Gasteiger partial charge in [-0.25, -0.2) is 0 Å². The second kappa shape index (κ2) is 7.85. The number of amides is 1. The molecule has 2 saturated heterocycles. The van der Waals surface area contributed by atoms with E-state index >= 15 is 0 Å². The zero-order valence-corrected chi connectivity index (χ0v) is 16.3. The quantitative estimate of drug-likeness (QED) is 0.789. The van der Waals surface area contributed by atoms with E-state index in [2.05, 4.69) is 52.2 Å².